The van der Waals surface area contributed by atoms with Crippen molar-refractivity contribution in [3.63, 3.8) is 0 Å². The summed E-state index contributed by atoms with van der Waals surface area (Å²) in [4.78, 5) is 42.7. The summed E-state index contributed by atoms with van der Waals surface area (Å²) in [7, 11) is 0. The second-order valence-corrected chi connectivity index (χ2v) is 5.47. The van der Waals surface area contributed by atoms with Crippen molar-refractivity contribution < 1.29 is 29.4 Å². The van der Waals surface area contributed by atoms with Crippen molar-refractivity contribution in [2.75, 3.05) is 18.4 Å². The molecule has 0 spiro atoms. The van der Waals surface area contributed by atoms with E-state index in [1.54, 1.807) is 18.2 Å². The third-order valence-corrected chi connectivity index (χ3v) is 3.32. The van der Waals surface area contributed by atoms with Gasteiger partial charge in [0.25, 0.3) is 12.4 Å². The molecule has 150 valence electrons. The van der Waals surface area contributed by atoms with Gasteiger partial charge in [-0.15, -0.1) is 0 Å². The molecular formula is C17H26N4O6. The average Bonchev–Trinajstić information content (AvgIpc) is 2.62. The maximum atomic E-state index is 12.0. The molecule has 0 unspecified atom stereocenters. The summed E-state index contributed by atoms with van der Waals surface area (Å²) in [5.41, 5.74) is 12.0. The van der Waals surface area contributed by atoms with E-state index in [0.717, 1.165) is 12.8 Å². The molecule has 0 aliphatic rings. The second-order valence-electron chi connectivity index (χ2n) is 5.47. The fourth-order valence-corrected chi connectivity index (χ4v) is 2.00. The Morgan fingerprint density at radius 3 is 2.48 bits per heavy atom. The van der Waals surface area contributed by atoms with E-state index >= 15 is 0 Å². The van der Waals surface area contributed by atoms with Gasteiger partial charge in [0.05, 0.1) is 12.5 Å². The lowest BCUT2D eigenvalue weighted by atomic mass is 10.1. The van der Waals surface area contributed by atoms with E-state index in [4.69, 9.17) is 26.5 Å². The highest BCUT2D eigenvalue weighted by Crippen LogP contribution is 2.12. The van der Waals surface area contributed by atoms with Crippen LogP contribution in [0.3, 0.4) is 0 Å². The highest BCUT2D eigenvalue weighted by Gasteiger charge is 2.14. The Morgan fingerprint density at radius 2 is 1.89 bits per heavy atom. The zero-order valence-corrected chi connectivity index (χ0v) is 14.9. The van der Waals surface area contributed by atoms with Gasteiger partial charge in [-0.3, -0.25) is 19.2 Å². The van der Waals surface area contributed by atoms with E-state index in [1.165, 1.54) is 6.07 Å². The minimum Gasteiger partial charge on any atom is -0.483 e. The zero-order valence-electron chi connectivity index (χ0n) is 14.9. The average molecular weight is 382 g/mol. The number of carboxylic acids is 1. The first-order chi connectivity index (χ1) is 12.8. The van der Waals surface area contributed by atoms with Gasteiger partial charge >= 0.3 is 5.97 Å². The molecule has 0 radical (unpaired) electrons. The third-order valence-electron chi connectivity index (χ3n) is 3.32. The lowest BCUT2D eigenvalue weighted by Crippen LogP contribution is -2.35. The van der Waals surface area contributed by atoms with E-state index in [0.29, 0.717) is 24.2 Å². The minimum atomic E-state index is -0.986. The highest BCUT2D eigenvalue weighted by molar-refractivity contribution is 5.98. The van der Waals surface area contributed by atoms with Gasteiger partial charge in [-0.25, -0.2) is 0 Å². The van der Waals surface area contributed by atoms with Gasteiger partial charge in [0.1, 0.15) is 0 Å². The number of hydrogen-bond acceptors (Lipinski definition) is 6. The summed E-state index contributed by atoms with van der Waals surface area (Å²) >= 11 is 0. The molecule has 1 rings (SSSR count). The maximum Gasteiger partial charge on any atom is 0.305 e. The molecule has 2 amide bonds. The summed E-state index contributed by atoms with van der Waals surface area (Å²) in [5, 5.41) is 20.6. The SMILES string of the molecule is NCCCC[C@H](N)C(=O)Nc1cccc(C(=O)NCCC(=O)O)c1.O=CO. The van der Waals surface area contributed by atoms with Crippen LogP contribution in [-0.4, -0.2) is 53.6 Å². The molecular weight excluding hydrogens is 356 g/mol. The predicted molar refractivity (Wildman–Crippen MR) is 99.2 cm³/mol. The number of nitrogens with two attached hydrogens (primary N) is 2. The minimum absolute atomic E-state index is 0.0385. The van der Waals surface area contributed by atoms with Crippen LogP contribution in [0.2, 0.25) is 0 Å². The fraction of sp³-hybridized carbons (Fsp3) is 0.412. The molecule has 0 saturated heterocycles. The van der Waals surface area contributed by atoms with Gasteiger partial charge in [0.15, 0.2) is 0 Å². The van der Waals surface area contributed by atoms with Crippen molar-refractivity contribution in [1.29, 1.82) is 0 Å². The van der Waals surface area contributed by atoms with Crippen LogP contribution < -0.4 is 22.1 Å². The molecule has 0 heterocycles. The molecule has 0 fully saturated rings. The summed E-state index contributed by atoms with van der Waals surface area (Å²) in [6.07, 6.45) is 1.97. The smallest absolute Gasteiger partial charge is 0.305 e. The van der Waals surface area contributed by atoms with Crippen LogP contribution in [0, 0.1) is 0 Å². The Hall–Kier alpha value is -2.98. The number of aliphatic carboxylic acids is 1. The molecule has 1 aromatic rings. The lowest BCUT2D eigenvalue weighted by Gasteiger charge is -2.12. The highest BCUT2D eigenvalue weighted by atomic mass is 16.4. The summed E-state index contributed by atoms with van der Waals surface area (Å²) in [6.45, 7) is 0.351. The number of rotatable bonds is 10. The Bertz CT molecular complexity index is 623. The van der Waals surface area contributed by atoms with E-state index in [-0.39, 0.29) is 25.3 Å². The molecule has 0 aromatic heterocycles. The Kier molecular flexibility index (Phi) is 12.6. The molecule has 10 heteroatoms. The monoisotopic (exact) mass is 382 g/mol. The molecule has 0 aliphatic heterocycles. The van der Waals surface area contributed by atoms with Gasteiger partial charge < -0.3 is 32.3 Å². The number of carbonyl (C=O) groups is 4. The van der Waals surface area contributed by atoms with Crippen LogP contribution in [0.1, 0.15) is 36.0 Å². The van der Waals surface area contributed by atoms with Crippen molar-refractivity contribution >= 4 is 29.9 Å². The number of unbranched alkanes of at least 4 members (excludes halogenated alkanes) is 1. The van der Waals surface area contributed by atoms with Crippen LogP contribution in [0.5, 0.6) is 0 Å². The standard InChI is InChI=1S/C16H24N4O4.CH2O2/c17-8-2-1-6-13(18)16(24)20-12-5-3-4-11(10-12)15(23)19-9-7-14(21)22;2-1-3/h3-5,10,13H,1-2,6-9,17-18H2,(H,19,23)(H,20,24)(H,21,22);1H,(H,2,3)/t13-;/m0./s1. The Balaban J connectivity index is 0.00000210. The van der Waals surface area contributed by atoms with Crippen molar-refractivity contribution in [2.24, 2.45) is 11.5 Å². The number of nitrogens with one attached hydrogen (secondary N) is 2. The number of carbonyl (C=O) groups excluding carboxylic acids is 2. The number of benzene rings is 1. The van der Waals surface area contributed by atoms with Crippen LogP contribution in [0.4, 0.5) is 5.69 Å². The van der Waals surface area contributed by atoms with Gasteiger partial charge in [-0.1, -0.05) is 12.5 Å². The van der Waals surface area contributed by atoms with Crippen LogP contribution in [0.15, 0.2) is 24.3 Å². The first kappa shape index (κ1) is 24.0. The first-order valence-electron chi connectivity index (χ1n) is 8.30. The Morgan fingerprint density at radius 1 is 1.22 bits per heavy atom. The first-order valence-corrected chi connectivity index (χ1v) is 8.30. The number of hydrogen-bond donors (Lipinski definition) is 6. The summed E-state index contributed by atoms with van der Waals surface area (Å²) < 4.78 is 0. The third kappa shape index (κ3) is 11.3. The molecule has 0 aliphatic carbocycles. The van der Waals surface area contributed by atoms with Crippen LogP contribution >= 0.6 is 0 Å². The van der Waals surface area contributed by atoms with Gasteiger partial charge in [-0.05, 0) is 37.6 Å². The summed E-state index contributed by atoms with van der Waals surface area (Å²) in [6, 6.07) is 5.73. The normalized spacial score (nSPS) is 10.7. The van der Waals surface area contributed by atoms with Crippen molar-refractivity contribution in [3.8, 4) is 0 Å². The molecule has 0 saturated carbocycles. The second kappa shape index (κ2) is 14.2. The molecule has 1 aromatic carbocycles. The molecule has 10 nitrogen and oxygen atoms in total. The van der Waals surface area contributed by atoms with E-state index in [9.17, 15) is 14.4 Å². The van der Waals surface area contributed by atoms with Crippen LogP contribution in [-0.2, 0) is 14.4 Å². The van der Waals surface area contributed by atoms with Gasteiger partial charge in [0, 0.05) is 17.8 Å². The molecule has 1 atom stereocenters. The van der Waals surface area contributed by atoms with Crippen molar-refractivity contribution in [2.45, 2.75) is 31.7 Å². The molecule has 0 bridgehead atoms. The Labute approximate surface area is 156 Å². The maximum absolute atomic E-state index is 12.0. The predicted octanol–water partition coefficient (Wildman–Crippen LogP) is -0.0133. The van der Waals surface area contributed by atoms with E-state index in [1.807, 2.05) is 0 Å². The van der Waals surface area contributed by atoms with Gasteiger partial charge in [-0.2, -0.15) is 0 Å². The van der Waals surface area contributed by atoms with Gasteiger partial charge in [0.2, 0.25) is 5.91 Å². The number of anilines is 1. The lowest BCUT2D eigenvalue weighted by molar-refractivity contribution is -0.136. The van der Waals surface area contributed by atoms with E-state index < -0.39 is 17.9 Å². The topological polar surface area (TPSA) is 185 Å². The number of amides is 2. The number of carboxylic acid groups (broad SMARTS) is 2. The fourth-order valence-electron chi connectivity index (χ4n) is 2.00. The molecule has 8 N–H and O–H groups in total. The van der Waals surface area contributed by atoms with E-state index in [2.05, 4.69) is 10.6 Å². The summed E-state index contributed by atoms with van der Waals surface area (Å²) in [5.74, 6) is -1.71. The molecule has 27 heavy (non-hydrogen) atoms. The van der Waals surface area contributed by atoms with Crippen molar-refractivity contribution in [1.82, 2.24) is 5.32 Å². The van der Waals surface area contributed by atoms with Crippen molar-refractivity contribution in [3.05, 3.63) is 29.8 Å². The zero-order chi connectivity index (χ0) is 20.7. The largest absolute Gasteiger partial charge is 0.483 e. The quantitative estimate of drug-likeness (QED) is 0.241. The van der Waals surface area contributed by atoms with Crippen LogP contribution in [0.25, 0.3) is 0 Å².